The van der Waals surface area contributed by atoms with E-state index >= 15 is 0 Å². The number of carbonyl (C=O) groups is 3. The predicted molar refractivity (Wildman–Crippen MR) is 75.2 cm³/mol. The summed E-state index contributed by atoms with van der Waals surface area (Å²) in [6.07, 6.45) is 0. The molecular formula is C12H13BrN2O3S. The van der Waals surface area contributed by atoms with E-state index in [-0.39, 0.29) is 12.3 Å². The Morgan fingerprint density at radius 1 is 1.32 bits per heavy atom. The minimum Gasteiger partial charge on any atom is -0.333 e. The fourth-order valence-corrected chi connectivity index (χ4v) is 3.43. The second kappa shape index (κ2) is 5.83. The van der Waals surface area contributed by atoms with Crippen LogP contribution < -0.4 is 0 Å². The second-order valence-electron chi connectivity index (χ2n) is 4.13. The summed E-state index contributed by atoms with van der Waals surface area (Å²) in [4.78, 5) is 39.0. The van der Waals surface area contributed by atoms with E-state index in [1.54, 1.807) is 11.4 Å². The van der Waals surface area contributed by atoms with Crippen LogP contribution in [0.5, 0.6) is 0 Å². The molecule has 0 aliphatic carbocycles. The highest BCUT2D eigenvalue weighted by Gasteiger charge is 2.32. The van der Waals surface area contributed by atoms with Crippen molar-refractivity contribution in [2.75, 3.05) is 26.2 Å². The lowest BCUT2D eigenvalue weighted by Gasteiger charge is -2.32. The first-order valence-electron chi connectivity index (χ1n) is 5.89. The molecule has 7 heteroatoms. The number of ketones is 1. The first-order chi connectivity index (χ1) is 9.04. The van der Waals surface area contributed by atoms with Gasteiger partial charge in [0, 0.05) is 24.1 Å². The van der Waals surface area contributed by atoms with Gasteiger partial charge in [0.2, 0.25) is 0 Å². The van der Waals surface area contributed by atoms with E-state index in [2.05, 4.69) is 15.9 Å². The van der Waals surface area contributed by atoms with Crippen LogP contribution in [0.2, 0.25) is 0 Å². The van der Waals surface area contributed by atoms with Crippen LogP contribution >= 0.6 is 27.3 Å². The molecular weight excluding hydrogens is 332 g/mol. The summed E-state index contributed by atoms with van der Waals surface area (Å²) < 4.78 is 0.730. The van der Waals surface area contributed by atoms with Gasteiger partial charge in [0.05, 0.1) is 11.4 Å². The molecule has 2 amide bonds. The molecule has 0 N–H and O–H groups in total. The van der Waals surface area contributed by atoms with E-state index in [0.717, 1.165) is 4.47 Å². The lowest BCUT2D eigenvalue weighted by atomic mass is 10.2. The fraction of sp³-hybridized carbons (Fsp3) is 0.417. The van der Waals surface area contributed by atoms with Crippen molar-refractivity contribution in [3.05, 3.63) is 20.8 Å². The summed E-state index contributed by atoms with van der Waals surface area (Å²) in [5.41, 5.74) is 0. The number of nitrogens with zero attached hydrogens (tertiary/aromatic N) is 2. The largest absolute Gasteiger partial charge is 0.333 e. The van der Waals surface area contributed by atoms with Crippen molar-refractivity contribution < 1.29 is 14.4 Å². The summed E-state index contributed by atoms with van der Waals surface area (Å²) in [6, 6.07) is 1.79. The predicted octanol–water partition coefficient (Wildman–Crippen LogP) is 1.38. The monoisotopic (exact) mass is 344 g/mol. The first-order valence-corrected chi connectivity index (χ1v) is 7.56. The number of amides is 2. The molecule has 2 heterocycles. The molecule has 1 fully saturated rings. The van der Waals surface area contributed by atoms with E-state index in [4.69, 9.17) is 0 Å². The average molecular weight is 345 g/mol. The summed E-state index contributed by atoms with van der Waals surface area (Å²) in [5.74, 6) is -1.26. The minimum absolute atomic E-state index is 0.0404. The van der Waals surface area contributed by atoms with Gasteiger partial charge in [-0.05, 0) is 34.3 Å². The van der Waals surface area contributed by atoms with Gasteiger partial charge in [-0.15, -0.1) is 11.3 Å². The summed E-state index contributed by atoms with van der Waals surface area (Å²) >= 11 is 4.61. The Balaban J connectivity index is 2.05. The quantitative estimate of drug-likeness (QED) is 0.612. The van der Waals surface area contributed by atoms with E-state index < -0.39 is 11.8 Å². The van der Waals surface area contributed by atoms with Gasteiger partial charge in [0.1, 0.15) is 0 Å². The maximum absolute atomic E-state index is 12.1. The molecule has 1 aromatic heterocycles. The Labute approximate surface area is 123 Å². The van der Waals surface area contributed by atoms with Crippen LogP contribution in [-0.2, 0) is 9.59 Å². The van der Waals surface area contributed by atoms with Gasteiger partial charge in [-0.25, -0.2) is 0 Å². The molecule has 0 atom stereocenters. The molecule has 1 aliphatic heterocycles. The van der Waals surface area contributed by atoms with E-state index in [1.165, 1.54) is 21.1 Å². The maximum Gasteiger partial charge on any atom is 0.312 e. The van der Waals surface area contributed by atoms with Crippen molar-refractivity contribution in [1.82, 2.24) is 9.80 Å². The van der Waals surface area contributed by atoms with Crippen LogP contribution in [0.3, 0.4) is 0 Å². The molecule has 0 saturated carbocycles. The van der Waals surface area contributed by atoms with E-state index in [0.29, 0.717) is 24.5 Å². The molecule has 2 rings (SSSR count). The minimum atomic E-state index is -0.589. The van der Waals surface area contributed by atoms with Gasteiger partial charge < -0.3 is 9.80 Å². The third-order valence-corrected chi connectivity index (χ3v) is 4.86. The highest BCUT2D eigenvalue weighted by atomic mass is 79.9. The standard InChI is InChI=1S/C12H13BrN2O3S/c1-2-14-4-5-15(12(18)11(14)17)7-9(16)10-8(13)3-6-19-10/h3,6H,2,4-5,7H2,1H3. The van der Waals surface area contributed by atoms with Crippen LogP contribution in [-0.4, -0.2) is 53.6 Å². The summed E-state index contributed by atoms with van der Waals surface area (Å²) in [6.45, 7) is 3.20. The van der Waals surface area contributed by atoms with E-state index in [1.807, 2.05) is 6.92 Å². The molecule has 1 saturated heterocycles. The number of hydrogen-bond acceptors (Lipinski definition) is 4. The highest BCUT2D eigenvalue weighted by Crippen LogP contribution is 2.23. The zero-order valence-corrected chi connectivity index (χ0v) is 12.8. The smallest absolute Gasteiger partial charge is 0.312 e. The van der Waals surface area contributed by atoms with Crippen molar-refractivity contribution in [3.63, 3.8) is 0 Å². The van der Waals surface area contributed by atoms with Crippen LogP contribution in [0.15, 0.2) is 15.9 Å². The van der Waals surface area contributed by atoms with Gasteiger partial charge in [-0.2, -0.15) is 0 Å². The molecule has 1 aromatic rings. The number of Topliss-reactive ketones (excluding diaryl/α,β-unsaturated/α-hetero) is 1. The number of thiophene rings is 1. The topological polar surface area (TPSA) is 57.7 Å². The van der Waals surface area contributed by atoms with Crippen LogP contribution in [0.4, 0.5) is 0 Å². The Bertz CT molecular complexity index is 529. The lowest BCUT2D eigenvalue weighted by Crippen LogP contribution is -2.55. The molecule has 0 radical (unpaired) electrons. The van der Waals surface area contributed by atoms with Crippen LogP contribution in [0.1, 0.15) is 16.6 Å². The third kappa shape index (κ3) is 2.87. The average Bonchev–Trinajstić information content (AvgIpc) is 2.81. The van der Waals surface area contributed by atoms with Crippen LogP contribution in [0, 0.1) is 0 Å². The van der Waals surface area contributed by atoms with Crippen LogP contribution in [0.25, 0.3) is 0 Å². The Morgan fingerprint density at radius 2 is 1.95 bits per heavy atom. The molecule has 102 valence electrons. The van der Waals surface area contributed by atoms with E-state index in [9.17, 15) is 14.4 Å². The van der Waals surface area contributed by atoms with Gasteiger partial charge in [0.25, 0.3) is 0 Å². The molecule has 0 spiro atoms. The molecule has 1 aliphatic rings. The van der Waals surface area contributed by atoms with Gasteiger partial charge >= 0.3 is 11.8 Å². The van der Waals surface area contributed by atoms with Crippen molar-refractivity contribution in [2.24, 2.45) is 0 Å². The maximum atomic E-state index is 12.1. The van der Waals surface area contributed by atoms with Crippen molar-refractivity contribution in [3.8, 4) is 0 Å². The van der Waals surface area contributed by atoms with Crippen molar-refractivity contribution in [2.45, 2.75) is 6.92 Å². The zero-order chi connectivity index (χ0) is 14.0. The second-order valence-corrected chi connectivity index (χ2v) is 5.90. The molecule has 0 unspecified atom stereocenters. The van der Waals surface area contributed by atoms with Gasteiger partial charge in [-0.3, -0.25) is 14.4 Å². The zero-order valence-electron chi connectivity index (χ0n) is 10.4. The third-order valence-electron chi connectivity index (χ3n) is 2.98. The fourth-order valence-electron chi connectivity index (χ4n) is 1.91. The van der Waals surface area contributed by atoms with Gasteiger partial charge in [-0.1, -0.05) is 0 Å². The number of piperazine rings is 1. The number of hydrogen-bond donors (Lipinski definition) is 0. The number of carbonyl (C=O) groups excluding carboxylic acids is 3. The molecule has 5 nitrogen and oxygen atoms in total. The van der Waals surface area contributed by atoms with Crippen molar-refractivity contribution in [1.29, 1.82) is 0 Å². The van der Waals surface area contributed by atoms with Crippen molar-refractivity contribution >= 4 is 44.9 Å². The lowest BCUT2D eigenvalue weighted by molar-refractivity contribution is -0.155. The summed E-state index contributed by atoms with van der Waals surface area (Å²) in [5, 5.41) is 1.80. The Hall–Kier alpha value is -1.21. The first kappa shape index (κ1) is 14.2. The Kier molecular flexibility index (Phi) is 4.36. The molecule has 0 aromatic carbocycles. The normalized spacial score (nSPS) is 16.1. The Morgan fingerprint density at radius 3 is 2.53 bits per heavy atom. The number of likely N-dealkylation sites (N-methyl/N-ethyl adjacent to an activating group) is 1. The SMILES string of the molecule is CCN1CCN(CC(=O)c2sccc2Br)C(=O)C1=O. The molecule has 19 heavy (non-hydrogen) atoms. The summed E-state index contributed by atoms with van der Waals surface area (Å²) in [7, 11) is 0. The number of halogens is 1. The van der Waals surface area contributed by atoms with Gasteiger partial charge in [0.15, 0.2) is 5.78 Å². The molecule has 0 bridgehead atoms. The highest BCUT2D eigenvalue weighted by molar-refractivity contribution is 9.10. The number of rotatable bonds is 4.